The fraction of sp³-hybridized carbons (Fsp3) is 0.0732. The van der Waals surface area contributed by atoms with Gasteiger partial charge >= 0.3 is 0 Å². The van der Waals surface area contributed by atoms with Crippen LogP contribution in [0.3, 0.4) is 0 Å². The molecule has 0 saturated carbocycles. The Morgan fingerprint density at radius 2 is 1.27 bits per heavy atom. The third kappa shape index (κ3) is 3.29. The number of hydrogen-bond donors (Lipinski definition) is 0. The molecule has 45 heavy (non-hydrogen) atoms. The molecule has 0 bridgehead atoms. The molecule has 0 spiro atoms. The van der Waals surface area contributed by atoms with E-state index in [1.807, 2.05) is 11.3 Å². The SMILES string of the molecule is CC1(C)c2ccccc2-c2c1ccc1c3ccccc3n(-c3nc(-c4cccc5c4sc4ccccc45)c4ccccc4n3)c21. The summed E-state index contributed by atoms with van der Waals surface area (Å²) in [5.74, 6) is 0.698. The molecule has 0 fully saturated rings. The van der Waals surface area contributed by atoms with Crippen LogP contribution in [0.5, 0.6) is 0 Å². The van der Waals surface area contributed by atoms with E-state index < -0.39 is 0 Å². The van der Waals surface area contributed by atoms with Crippen LogP contribution >= 0.6 is 11.3 Å². The van der Waals surface area contributed by atoms with Crippen molar-refractivity contribution < 1.29 is 0 Å². The summed E-state index contributed by atoms with van der Waals surface area (Å²) in [5.41, 5.74) is 10.5. The van der Waals surface area contributed by atoms with Gasteiger partial charge in [-0.3, -0.25) is 4.57 Å². The average Bonchev–Trinajstić information content (AvgIpc) is 3.70. The van der Waals surface area contributed by atoms with E-state index in [1.165, 1.54) is 58.7 Å². The first-order chi connectivity index (χ1) is 22.1. The summed E-state index contributed by atoms with van der Waals surface area (Å²) in [7, 11) is 0. The van der Waals surface area contributed by atoms with Gasteiger partial charge < -0.3 is 0 Å². The molecule has 9 aromatic rings. The fourth-order valence-electron chi connectivity index (χ4n) is 7.75. The molecule has 0 N–H and O–H groups in total. The van der Waals surface area contributed by atoms with Crippen LogP contribution in [0.15, 0.2) is 127 Å². The Bertz CT molecular complexity index is 2690. The summed E-state index contributed by atoms with van der Waals surface area (Å²) in [6.07, 6.45) is 0. The number of hydrogen-bond acceptors (Lipinski definition) is 3. The second-order valence-corrected chi connectivity index (χ2v) is 13.6. The van der Waals surface area contributed by atoms with Gasteiger partial charge in [0.25, 0.3) is 0 Å². The molecule has 0 atom stereocenters. The minimum atomic E-state index is -0.104. The second-order valence-electron chi connectivity index (χ2n) is 12.6. The molecule has 0 saturated heterocycles. The van der Waals surface area contributed by atoms with E-state index in [4.69, 9.17) is 9.97 Å². The maximum Gasteiger partial charge on any atom is 0.235 e. The molecule has 6 aromatic carbocycles. The van der Waals surface area contributed by atoms with Gasteiger partial charge in [-0.2, -0.15) is 0 Å². The van der Waals surface area contributed by atoms with Gasteiger partial charge in [-0.05, 0) is 34.9 Å². The minimum Gasteiger partial charge on any atom is -0.277 e. The maximum atomic E-state index is 5.51. The van der Waals surface area contributed by atoms with Gasteiger partial charge in [0.05, 0.1) is 22.2 Å². The van der Waals surface area contributed by atoms with Crippen LogP contribution in [0.2, 0.25) is 0 Å². The predicted molar refractivity (Wildman–Crippen MR) is 190 cm³/mol. The van der Waals surface area contributed by atoms with Crippen LogP contribution in [0.1, 0.15) is 25.0 Å². The number of thiophene rings is 1. The van der Waals surface area contributed by atoms with Gasteiger partial charge in [-0.15, -0.1) is 11.3 Å². The zero-order chi connectivity index (χ0) is 29.9. The van der Waals surface area contributed by atoms with Crippen LogP contribution in [-0.2, 0) is 5.41 Å². The maximum absolute atomic E-state index is 5.51. The van der Waals surface area contributed by atoms with Crippen molar-refractivity contribution in [2.45, 2.75) is 19.3 Å². The standard InChI is InChI=1S/C41H27N3S/c1-41(2)31-18-7-3-14-28(31)36-32(41)23-22-26-24-12-5-9-20-34(24)44(38(26)36)40-42-33-19-8-4-15-29(33)37(43-40)30-17-11-16-27-25-13-6-10-21-35(25)45-39(27)30/h3-23H,1-2H3. The van der Waals surface area contributed by atoms with Crippen molar-refractivity contribution in [3.63, 3.8) is 0 Å². The van der Waals surface area contributed by atoms with E-state index in [9.17, 15) is 0 Å². The molecule has 212 valence electrons. The van der Waals surface area contributed by atoms with Crippen molar-refractivity contribution in [1.29, 1.82) is 0 Å². The second kappa shape index (κ2) is 8.87. The number of rotatable bonds is 2. The number of benzene rings is 6. The lowest BCUT2D eigenvalue weighted by Crippen LogP contribution is -2.14. The highest BCUT2D eigenvalue weighted by molar-refractivity contribution is 7.26. The topological polar surface area (TPSA) is 30.7 Å². The lowest BCUT2D eigenvalue weighted by molar-refractivity contribution is 0.661. The van der Waals surface area contributed by atoms with E-state index in [1.54, 1.807) is 0 Å². The van der Waals surface area contributed by atoms with E-state index >= 15 is 0 Å². The highest BCUT2D eigenvalue weighted by Crippen LogP contribution is 2.53. The Morgan fingerprint density at radius 3 is 2.18 bits per heavy atom. The van der Waals surface area contributed by atoms with Gasteiger partial charge in [0.1, 0.15) is 0 Å². The Morgan fingerprint density at radius 1 is 0.556 bits per heavy atom. The molecule has 0 unspecified atom stereocenters. The molecule has 0 aliphatic heterocycles. The molecular formula is C41H27N3S. The highest BCUT2D eigenvalue weighted by Gasteiger charge is 2.37. The Labute approximate surface area is 264 Å². The van der Waals surface area contributed by atoms with Crippen LogP contribution in [0, 0.1) is 0 Å². The van der Waals surface area contributed by atoms with Crippen LogP contribution < -0.4 is 0 Å². The lowest BCUT2D eigenvalue weighted by Gasteiger charge is -2.21. The molecule has 3 heterocycles. The summed E-state index contributed by atoms with van der Waals surface area (Å²) in [5, 5.41) is 6.05. The van der Waals surface area contributed by atoms with E-state index in [0.717, 1.165) is 27.7 Å². The number of para-hydroxylation sites is 2. The molecule has 1 aliphatic rings. The number of aromatic nitrogens is 3. The van der Waals surface area contributed by atoms with Crippen molar-refractivity contribution >= 4 is 64.2 Å². The van der Waals surface area contributed by atoms with E-state index in [-0.39, 0.29) is 5.41 Å². The lowest BCUT2D eigenvalue weighted by atomic mass is 9.82. The Kier molecular flexibility index (Phi) is 4.94. The van der Waals surface area contributed by atoms with Crippen molar-refractivity contribution in [2.24, 2.45) is 0 Å². The summed E-state index contributed by atoms with van der Waals surface area (Å²) in [4.78, 5) is 10.8. The van der Waals surface area contributed by atoms with Crippen LogP contribution in [0.25, 0.3) is 81.2 Å². The number of fused-ring (bicyclic) bond motifs is 11. The van der Waals surface area contributed by atoms with Crippen molar-refractivity contribution in [1.82, 2.24) is 14.5 Å². The molecular weight excluding hydrogens is 567 g/mol. The molecule has 4 heteroatoms. The van der Waals surface area contributed by atoms with Gasteiger partial charge in [0.15, 0.2) is 0 Å². The molecule has 0 radical (unpaired) electrons. The summed E-state index contributed by atoms with van der Waals surface area (Å²) < 4.78 is 4.87. The number of nitrogens with zero attached hydrogens (tertiary/aromatic N) is 3. The van der Waals surface area contributed by atoms with Crippen LogP contribution in [-0.4, -0.2) is 14.5 Å². The molecule has 3 nitrogen and oxygen atoms in total. The molecule has 0 amide bonds. The van der Waals surface area contributed by atoms with Gasteiger partial charge in [-0.1, -0.05) is 123 Å². The predicted octanol–water partition coefficient (Wildman–Crippen LogP) is 11.1. The smallest absolute Gasteiger partial charge is 0.235 e. The third-order valence-electron chi connectivity index (χ3n) is 9.83. The quantitative estimate of drug-likeness (QED) is 0.200. The summed E-state index contributed by atoms with van der Waals surface area (Å²) in [6.45, 7) is 4.68. The van der Waals surface area contributed by atoms with Crippen molar-refractivity contribution in [2.75, 3.05) is 0 Å². The van der Waals surface area contributed by atoms with Gasteiger partial charge in [0.2, 0.25) is 5.95 Å². The Hall–Kier alpha value is -5.32. The largest absolute Gasteiger partial charge is 0.277 e. The summed E-state index contributed by atoms with van der Waals surface area (Å²) in [6, 6.07) is 45.9. The molecule has 1 aliphatic carbocycles. The zero-order valence-electron chi connectivity index (χ0n) is 24.9. The monoisotopic (exact) mass is 593 g/mol. The minimum absolute atomic E-state index is 0.104. The first-order valence-electron chi connectivity index (χ1n) is 15.4. The third-order valence-corrected chi connectivity index (χ3v) is 11.1. The van der Waals surface area contributed by atoms with Gasteiger partial charge in [0, 0.05) is 52.9 Å². The normalized spacial score (nSPS) is 13.7. The first-order valence-corrected chi connectivity index (χ1v) is 16.3. The van der Waals surface area contributed by atoms with Crippen molar-refractivity contribution in [3.8, 4) is 28.3 Å². The molecule has 10 rings (SSSR count). The van der Waals surface area contributed by atoms with Crippen molar-refractivity contribution in [3.05, 3.63) is 139 Å². The van der Waals surface area contributed by atoms with E-state index in [0.29, 0.717) is 5.95 Å². The Balaban J connectivity index is 1.36. The summed E-state index contributed by atoms with van der Waals surface area (Å²) >= 11 is 1.84. The first kappa shape index (κ1) is 25.1. The van der Waals surface area contributed by atoms with E-state index in [2.05, 4.69) is 146 Å². The average molecular weight is 594 g/mol. The van der Waals surface area contributed by atoms with Crippen LogP contribution in [0.4, 0.5) is 0 Å². The fourth-order valence-corrected chi connectivity index (χ4v) is 8.97. The highest BCUT2D eigenvalue weighted by atomic mass is 32.1. The molecule has 3 aromatic heterocycles. The van der Waals surface area contributed by atoms with Gasteiger partial charge in [-0.25, -0.2) is 9.97 Å². The zero-order valence-corrected chi connectivity index (χ0v) is 25.7.